The number of likely N-dealkylation sites (tertiary alicyclic amines) is 1. The van der Waals surface area contributed by atoms with Gasteiger partial charge in [-0.2, -0.15) is 0 Å². The third kappa shape index (κ3) is 3.87. The lowest BCUT2D eigenvalue weighted by Crippen LogP contribution is -2.44. The highest BCUT2D eigenvalue weighted by atomic mass is 16.7. The lowest BCUT2D eigenvalue weighted by Gasteiger charge is -2.22. The summed E-state index contributed by atoms with van der Waals surface area (Å²) in [5.41, 5.74) is 0.939. The van der Waals surface area contributed by atoms with Crippen molar-refractivity contribution in [3.05, 3.63) is 23.8 Å². The number of aliphatic hydroxyl groups is 1. The number of ether oxygens (including phenoxy) is 2. The van der Waals surface area contributed by atoms with Gasteiger partial charge >= 0.3 is 0 Å². The average Bonchev–Trinajstić information content (AvgIpc) is 3.18. The third-order valence-corrected chi connectivity index (χ3v) is 4.72. The molecule has 136 valence electrons. The van der Waals surface area contributed by atoms with Crippen molar-refractivity contribution in [3.8, 4) is 11.5 Å². The maximum Gasteiger partial charge on any atom is 0.231 e. The SMILES string of the molecule is CC(C)[C@@H](CO)NC(=O)C1CC(=O)N(Cc2ccc3c(c2)OCO3)C1. The molecule has 0 saturated carbocycles. The molecule has 2 aliphatic heterocycles. The fraction of sp³-hybridized carbons (Fsp3) is 0.556. The molecule has 1 aromatic carbocycles. The molecule has 1 aromatic rings. The number of benzene rings is 1. The average molecular weight is 348 g/mol. The second-order valence-corrected chi connectivity index (χ2v) is 6.90. The van der Waals surface area contributed by atoms with Gasteiger partial charge in [0.1, 0.15) is 0 Å². The maximum absolute atomic E-state index is 12.4. The van der Waals surface area contributed by atoms with Crippen molar-refractivity contribution in [2.24, 2.45) is 11.8 Å². The minimum absolute atomic E-state index is 0.0390. The van der Waals surface area contributed by atoms with Gasteiger partial charge < -0.3 is 24.8 Å². The summed E-state index contributed by atoms with van der Waals surface area (Å²) in [6.45, 7) is 4.80. The molecule has 0 radical (unpaired) electrons. The van der Waals surface area contributed by atoms with Gasteiger partial charge in [0.15, 0.2) is 11.5 Å². The molecule has 0 bridgehead atoms. The first-order valence-corrected chi connectivity index (χ1v) is 8.55. The van der Waals surface area contributed by atoms with E-state index < -0.39 is 0 Å². The van der Waals surface area contributed by atoms with E-state index in [1.807, 2.05) is 32.0 Å². The van der Waals surface area contributed by atoms with Crippen LogP contribution in [0.4, 0.5) is 0 Å². The molecule has 25 heavy (non-hydrogen) atoms. The molecule has 1 saturated heterocycles. The van der Waals surface area contributed by atoms with Gasteiger partial charge in [-0.3, -0.25) is 9.59 Å². The van der Waals surface area contributed by atoms with E-state index in [1.54, 1.807) is 4.90 Å². The smallest absolute Gasteiger partial charge is 0.231 e. The molecule has 0 aromatic heterocycles. The summed E-state index contributed by atoms with van der Waals surface area (Å²) in [5.74, 6) is 0.931. The molecule has 2 aliphatic rings. The van der Waals surface area contributed by atoms with Gasteiger partial charge in [-0.15, -0.1) is 0 Å². The van der Waals surface area contributed by atoms with Crippen LogP contribution in [-0.4, -0.2) is 47.8 Å². The molecule has 2 heterocycles. The molecule has 0 aliphatic carbocycles. The predicted octanol–water partition coefficient (Wildman–Crippen LogP) is 0.897. The fourth-order valence-corrected chi connectivity index (χ4v) is 3.08. The second kappa shape index (κ2) is 7.31. The van der Waals surface area contributed by atoms with Crippen molar-refractivity contribution in [3.63, 3.8) is 0 Å². The molecule has 1 fully saturated rings. The molecule has 0 spiro atoms. The Morgan fingerprint density at radius 2 is 2.12 bits per heavy atom. The van der Waals surface area contributed by atoms with Crippen LogP contribution in [0.2, 0.25) is 0 Å². The largest absolute Gasteiger partial charge is 0.454 e. The van der Waals surface area contributed by atoms with Gasteiger partial charge in [-0.1, -0.05) is 19.9 Å². The van der Waals surface area contributed by atoms with Crippen molar-refractivity contribution in [2.45, 2.75) is 32.9 Å². The minimum atomic E-state index is -0.380. The van der Waals surface area contributed by atoms with Gasteiger partial charge in [-0.05, 0) is 23.6 Å². The van der Waals surface area contributed by atoms with Crippen molar-refractivity contribution in [1.29, 1.82) is 0 Å². The molecule has 2 N–H and O–H groups in total. The van der Waals surface area contributed by atoms with E-state index in [2.05, 4.69) is 5.32 Å². The van der Waals surface area contributed by atoms with Gasteiger partial charge in [0, 0.05) is 19.5 Å². The summed E-state index contributed by atoms with van der Waals surface area (Å²) in [7, 11) is 0. The molecule has 1 unspecified atom stereocenters. The van der Waals surface area contributed by atoms with E-state index in [0.717, 1.165) is 5.56 Å². The lowest BCUT2D eigenvalue weighted by molar-refractivity contribution is -0.129. The third-order valence-electron chi connectivity index (χ3n) is 4.72. The zero-order valence-corrected chi connectivity index (χ0v) is 14.5. The number of hydrogen-bond donors (Lipinski definition) is 2. The van der Waals surface area contributed by atoms with Crippen LogP contribution in [0, 0.1) is 11.8 Å². The number of hydrogen-bond acceptors (Lipinski definition) is 5. The maximum atomic E-state index is 12.4. The van der Waals surface area contributed by atoms with Crippen molar-refractivity contribution < 1.29 is 24.2 Å². The molecule has 2 atom stereocenters. The van der Waals surface area contributed by atoms with Crippen LogP contribution < -0.4 is 14.8 Å². The fourth-order valence-electron chi connectivity index (χ4n) is 3.08. The summed E-state index contributed by atoms with van der Waals surface area (Å²) in [6.07, 6.45) is 0.201. The quantitative estimate of drug-likeness (QED) is 0.797. The number of nitrogens with zero attached hydrogens (tertiary/aromatic N) is 1. The number of fused-ring (bicyclic) bond motifs is 1. The number of rotatable bonds is 6. The van der Waals surface area contributed by atoms with E-state index in [0.29, 0.717) is 24.6 Å². The highest BCUT2D eigenvalue weighted by Gasteiger charge is 2.35. The highest BCUT2D eigenvalue weighted by Crippen LogP contribution is 2.33. The Morgan fingerprint density at radius 3 is 2.84 bits per heavy atom. The van der Waals surface area contributed by atoms with E-state index in [4.69, 9.17) is 9.47 Å². The van der Waals surface area contributed by atoms with Crippen LogP contribution in [0.25, 0.3) is 0 Å². The first-order chi connectivity index (χ1) is 12.0. The highest BCUT2D eigenvalue weighted by molar-refractivity contribution is 5.89. The first kappa shape index (κ1) is 17.5. The van der Waals surface area contributed by atoms with Crippen LogP contribution in [0.15, 0.2) is 18.2 Å². The second-order valence-electron chi connectivity index (χ2n) is 6.90. The van der Waals surface area contributed by atoms with Gasteiger partial charge in [0.05, 0.1) is 18.6 Å². The summed E-state index contributed by atoms with van der Waals surface area (Å²) in [5, 5.41) is 12.2. The summed E-state index contributed by atoms with van der Waals surface area (Å²) in [4.78, 5) is 26.3. The molecule has 2 amide bonds. The Balaban J connectivity index is 1.59. The van der Waals surface area contributed by atoms with Crippen molar-refractivity contribution in [2.75, 3.05) is 19.9 Å². The number of carbonyl (C=O) groups excluding carboxylic acids is 2. The van der Waals surface area contributed by atoms with E-state index >= 15 is 0 Å². The first-order valence-electron chi connectivity index (χ1n) is 8.55. The van der Waals surface area contributed by atoms with Crippen LogP contribution in [0.5, 0.6) is 11.5 Å². The Bertz CT molecular complexity index is 661. The minimum Gasteiger partial charge on any atom is -0.454 e. The topological polar surface area (TPSA) is 88.1 Å². The van der Waals surface area contributed by atoms with Crippen LogP contribution in [0.3, 0.4) is 0 Å². The molecular formula is C18H24N2O5. The Labute approximate surface area is 146 Å². The summed E-state index contributed by atoms with van der Waals surface area (Å²) >= 11 is 0. The Morgan fingerprint density at radius 1 is 1.36 bits per heavy atom. The molecule has 3 rings (SSSR count). The van der Waals surface area contributed by atoms with Gasteiger partial charge in [0.25, 0.3) is 0 Å². The lowest BCUT2D eigenvalue weighted by atomic mass is 10.0. The standard InChI is InChI=1S/C18H24N2O5/c1-11(2)14(9-21)19-18(23)13-6-17(22)20(8-13)7-12-3-4-15-16(5-12)25-10-24-15/h3-5,11,13-14,21H,6-10H2,1-2H3,(H,19,23)/t13?,14-/m1/s1. The van der Waals surface area contributed by atoms with Crippen molar-refractivity contribution in [1.82, 2.24) is 10.2 Å². The van der Waals surface area contributed by atoms with Gasteiger partial charge in [-0.25, -0.2) is 0 Å². The predicted molar refractivity (Wildman–Crippen MR) is 89.9 cm³/mol. The number of amides is 2. The normalized spacial score (nSPS) is 20.2. The zero-order chi connectivity index (χ0) is 18.0. The number of aliphatic hydroxyl groups excluding tert-OH is 1. The van der Waals surface area contributed by atoms with E-state index in [-0.39, 0.29) is 49.5 Å². The number of nitrogens with one attached hydrogen (secondary N) is 1. The van der Waals surface area contributed by atoms with Gasteiger partial charge in [0.2, 0.25) is 18.6 Å². The van der Waals surface area contributed by atoms with Crippen LogP contribution in [-0.2, 0) is 16.1 Å². The Kier molecular flexibility index (Phi) is 5.13. The van der Waals surface area contributed by atoms with E-state index in [9.17, 15) is 14.7 Å². The number of carbonyl (C=O) groups is 2. The van der Waals surface area contributed by atoms with E-state index in [1.165, 1.54) is 0 Å². The van der Waals surface area contributed by atoms with Crippen LogP contribution >= 0.6 is 0 Å². The molecule has 7 heteroatoms. The summed E-state index contributed by atoms with van der Waals surface area (Å²) in [6, 6.07) is 5.31. The zero-order valence-electron chi connectivity index (χ0n) is 14.5. The Hall–Kier alpha value is -2.28. The monoisotopic (exact) mass is 348 g/mol. The van der Waals surface area contributed by atoms with Crippen LogP contribution in [0.1, 0.15) is 25.8 Å². The molecule has 7 nitrogen and oxygen atoms in total. The summed E-state index contributed by atoms with van der Waals surface area (Å²) < 4.78 is 10.6. The molecular weight excluding hydrogens is 324 g/mol. The van der Waals surface area contributed by atoms with Crippen molar-refractivity contribution >= 4 is 11.8 Å².